The normalized spacial score (nSPS) is 13.5. The Kier molecular flexibility index (Phi) is 6.58. The largest absolute Gasteiger partial charge is 0.368 e. The van der Waals surface area contributed by atoms with Gasteiger partial charge in [-0.15, -0.1) is 0 Å². The van der Waals surface area contributed by atoms with Crippen molar-refractivity contribution in [3.05, 3.63) is 72.6 Å². The van der Waals surface area contributed by atoms with Crippen LogP contribution < -0.4 is 15.5 Å². The van der Waals surface area contributed by atoms with E-state index in [1.54, 1.807) is 24.5 Å². The lowest BCUT2D eigenvalue weighted by atomic mass is 10.2. The molecule has 0 unspecified atom stereocenters. The monoisotopic (exact) mass is 485 g/mol. The van der Waals surface area contributed by atoms with Crippen molar-refractivity contribution in [2.45, 2.75) is 13.8 Å². The lowest BCUT2D eigenvalue weighted by Gasteiger charge is -2.35. The fraction of sp³-hybridized carbons (Fsp3) is 0.231. The number of amides is 1. The number of anilines is 5. The Bertz CT molecular complexity index is 1300. The average Bonchev–Trinajstić information content (AvgIpc) is 3.25. The lowest BCUT2D eigenvalue weighted by molar-refractivity contribution is -0.129. The molecular formula is C26H27N7OS. The maximum absolute atomic E-state index is 11.6. The molecule has 1 saturated heterocycles. The third kappa shape index (κ3) is 5.41. The Morgan fingerprint density at radius 3 is 2.31 bits per heavy atom. The molecular weight excluding hydrogens is 458 g/mol. The average molecular weight is 486 g/mol. The quantitative estimate of drug-likeness (QED) is 0.395. The molecule has 0 atom stereocenters. The minimum Gasteiger partial charge on any atom is -0.368 e. The molecule has 2 aromatic heterocycles. The summed E-state index contributed by atoms with van der Waals surface area (Å²) in [5.41, 5.74) is 4.82. The van der Waals surface area contributed by atoms with E-state index in [1.165, 1.54) is 0 Å². The minimum absolute atomic E-state index is 0.142. The predicted octanol–water partition coefficient (Wildman–Crippen LogP) is 5.06. The fourth-order valence-electron chi connectivity index (χ4n) is 4.04. The number of aryl methyl sites for hydroxylation is 1. The molecule has 4 aromatic rings. The highest BCUT2D eigenvalue weighted by molar-refractivity contribution is 7.19. The summed E-state index contributed by atoms with van der Waals surface area (Å²) >= 11 is 1.57. The first-order valence-electron chi connectivity index (χ1n) is 11.6. The first-order chi connectivity index (χ1) is 17.0. The maximum atomic E-state index is 11.6. The van der Waals surface area contributed by atoms with Crippen LogP contribution in [-0.2, 0) is 4.79 Å². The van der Waals surface area contributed by atoms with Gasteiger partial charge >= 0.3 is 0 Å². The van der Waals surface area contributed by atoms with E-state index in [2.05, 4.69) is 37.6 Å². The van der Waals surface area contributed by atoms with Gasteiger partial charge in [-0.1, -0.05) is 29.5 Å². The number of thiazole rings is 1. The molecule has 1 aliphatic heterocycles. The number of rotatable bonds is 6. The van der Waals surface area contributed by atoms with E-state index in [-0.39, 0.29) is 5.91 Å². The smallest absolute Gasteiger partial charge is 0.227 e. The number of nitrogens with one attached hydrogen (secondary N) is 2. The standard InChI is InChI=1S/C26H27N7OS/c1-18-24(35-26(28-18)30-20-6-4-3-5-7-20)23-12-13-27-25(31-23)29-21-8-10-22(11-9-21)33-16-14-32(15-17-33)19(2)34/h3-13H,14-17H2,1-2H3,(H,28,30)(H,27,29,31). The van der Waals surface area contributed by atoms with Crippen LogP contribution in [0.2, 0.25) is 0 Å². The number of benzene rings is 2. The molecule has 0 spiro atoms. The summed E-state index contributed by atoms with van der Waals surface area (Å²) in [6.45, 7) is 6.82. The van der Waals surface area contributed by atoms with Crippen molar-refractivity contribution >= 4 is 45.4 Å². The molecule has 5 rings (SSSR count). The summed E-state index contributed by atoms with van der Waals surface area (Å²) in [6.07, 6.45) is 1.76. The van der Waals surface area contributed by atoms with Crippen LogP contribution in [0.25, 0.3) is 10.6 Å². The highest BCUT2D eigenvalue weighted by Gasteiger charge is 2.18. The van der Waals surface area contributed by atoms with Gasteiger partial charge < -0.3 is 20.4 Å². The van der Waals surface area contributed by atoms with Gasteiger partial charge in [-0.25, -0.2) is 15.0 Å². The number of aromatic nitrogens is 3. The van der Waals surface area contributed by atoms with E-state index in [1.807, 2.05) is 60.4 Å². The molecule has 9 heteroatoms. The SMILES string of the molecule is CC(=O)N1CCN(c2ccc(Nc3nccc(-c4sc(Nc5ccccc5)nc4C)n3)cc2)CC1. The van der Waals surface area contributed by atoms with Gasteiger partial charge in [0.25, 0.3) is 0 Å². The zero-order valence-corrected chi connectivity index (χ0v) is 20.5. The van der Waals surface area contributed by atoms with Crippen LogP contribution in [-0.4, -0.2) is 51.9 Å². The van der Waals surface area contributed by atoms with E-state index in [4.69, 9.17) is 4.98 Å². The van der Waals surface area contributed by atoms with Crippen LogP contribution in [0.4, 0.5) is 28.1 Å². The molecule has 2 N–H and O–H groups in total. The second-order valence-electron chi connectivity index (χ2n) is 8.36. The van der Waals surface area contributed by atoms with Gasteiger partial charge in [0.2, 0.25) is 11.9 Å². The van der Waals surface area contributed by atoms with Gasteiger partial charge in [-0.2, -0.15) is 0 Å². The summed E-state index contributed by atoms with van der Waals surface area (Å²) in [6, 6.07) is 20.1. The molecule has 0 radical (unpaired) electrons. The Morgan fingerprint density at radius 2 is 1.60 bits per heavy atom. The van der Waals surface area contributed by atoms with E-state index in [0.717, 1.165) is 64.6 Å². The number of carbonyl (C=O) groups is 1. The van der Waals surface area contributed by atoms with Crippen molar-refractivity contribution in [2.75, 3.05) is 41.7 Å². The third-order valence-corrected chi connectivity index (χ3v) is 7.02. The Balaban J connectivity index is 1.26. The summed E-state index contributed by atoms with van der Waals surface area (Å²) in [5, 5.41) is 7.49. The molecule has 178 valence electrons. The summed E-state index contributed by atoms with van der Waals surface area (Å²) in [5.74, 6) is 0.680. The molecule has 1 fully saturated rings. The first-order valence-corrected chi connectivity index (χ1v) is 12.4. The number of nitrogens with zero attached hydrogens (tertiary/aromatic N) is 5. The Labute approximate surface area is 208 Å². The molecule has 3 heterocycles. The molecule has 0 saturated carbocycles. The minimum atomic E-state index is 0.142. The van der Waals surface area contributed by atoms with Crippen molar-refractivity contribution in [2.24, 2.45) is 0 Å². The molecule has 1 aliphatic rings. The van der Waals surface area contributed by atoms with Crippen LogP contribution in [0.1, 0.15) is 12.6 Å². The van der Waals surface area contributed by atoms with Crippen molar-refractivity contribution in [1.82, 2.24) is 19.9 Å². The zero-order chi connectivity index (χ0) is 24.2. The number of hydrogen-bond donors (Lipinski definition) is 2. The van der Waals surface area contributed by atoms with Crippen molar-refractivity contribution in [1.29, 1.82) is 0 Å². The Morgan fingerprint density at radius 1 is 0.886 bits per heavy atom. The fourth-order valence-corrected chi connectivity index (χ4v) is 5.00. The molecule has 0 bridgehead atoms. The first kappa shape index (κ1) is 22.8. The predicted molar refractivity (Wildman–Crippen MR) is 142 cm³/mol. The van der Waals surface area contributed by atoms with Gasteiger partial charge in [0, 0.05) is 56.4 Å². The van der Waals surface area contributed by atoms with Gasteiger partial charge in [0.15, 0.2) is 5.13 Å². The summed E-state index contributed by atoms with van der Waals surface area (Å²) in [7, 11) is 0. The van der Waals surface area contributed by atoms with Crippen LogP contribution >= 0.6 is 11.3 Å². The highest BCUT2D eigenvalue weighted by atomic mass is 32.1. The van der Waals surface area contributed by atoms with Gasteiger partial charge in [-0.05, 0) is 49.4 Å². The molecule has 2 aromatic carbocycles. The van der Waals surface area contributed by atoms with Gasteiger partial charge in [0.05, 0.1) is 16.3 Å². The van der Waals surface area contributed by atoms with Crippen molar-refractivity contribution in [3.8, 4) is 10.6 Å². The van der Waals surface area contributed by atoms with Crippen LogP contribution in [0.15, 0.2) is 66.9 Å². The topological polar surface area (TPSA) is 86.3 Å². The molecule has 35 heavy (non-hydrogen) atoms. The summed E-state index contributed by atoms with van der Waals surface area (Å²) < 4.78 is 0. The number of piperazine rings is 1. The number of hydrogen-bond acceptors (Lipinski definition) is 8. The van der Waals surface area contributed by atoms with Gasteiger partial charge in [0.1, 0.15) is 0 Å². The van der Waals surface area contributed by atoms with Crippen LogP contribution in [0.5, 0.6) is 0 Å². The van der Waals surface area contributed by atoms with Crippen molar-refractivity contribution in [3.63, 3.8) is 0 Å². The second-order valence-corrected chi connectivity index (χ2v) is 9.35. The van der Waals surface area contributed by atoms with Crippen LogP contribution in [0.3, 0.4) is 0 Å². The van der Waals surface area contributed by atoms with Crippen molar-refractivity contribution < 1.29 is 4.79 Å². The molecule has 0 aliphatic carbocycles. The van der Waals surface area contributed by atoms with E-state index in [0.29, 0.717) is 5.95 Å². The third-order valence-electron chi connectivity index (χ3n) is 5.92. The molecule has 1 amide bonds. The maximum Gasteiger partial charge on any atom is 0.227 e. The second kappa shape index (κ2) is 10.1. The van der Waals surface area contributed by atoms with E-state index in [9.17, 15) is 4.79 Å². The Hall–Kier alpha value is -3.98. The van der Waals surface area contributed by atoms with E-state index >= 15 is 0 Å². The zero-order valence-electron chi connectivity index (χ0n) is 19.7. The van der Waals surface area contributed by atoms with Crippen LogP contribution in [0, 0.1) is 6.92 Å². The molecule has 8 nitrogen and oxygen atoms in total. The summed E-state index contributed by atoms with van der Waals surface area (Å²) in [4.78, 5) is 30.5. The highest BCUT2D eigenvalue weighted by Crippen LogP contribution is 2.33. The lowest BCUT2D eigenvalue weighted by Crippen LogP contribution is -2.48. The van der Waals surface area contributed by atoms with Gasteiger partial charge in [-0.3, -0.25) is 4.79 Å². The van der Waals surface area contributed by atoms with E-state index < -0.39 is 0 Å². The number of carbonyl (C=O) groups excluding carboxylic acids is 1. The number of para-hydroxylation sites is 1.